The summed E-state index contributed by atoms with van der Waals surface area (Å²) in [6, 6.07) is 2.81. The molecule has 1 aromatic carbocycles. The number of hydrogen-bond acceptors (Lipinski definition) is 2. The number of nitrogens with zero attached hydrogens (tertiary/aromatic N) is 2. The smallest absolute Gasteiger partial charge is 0.125 e. The minimum Gasteiger partial charge on any atom is -0.257 e. The van der Waals surface area contributed by atoms with Crippen molar-refractivity contribution in [1.29, 1.82) is 0 Å². The number of nitrogens with one attached hydrogen (secondary N) is 1. The van der Waals surface area contributed by atoms with Crippen molar-refractivity contribution in [2.45, 2.75) is 6.92 Å². The van der Waals surface area contributed by atoms with E-state index in [2.05, 4.69) is 15.4 Å². The predicted octanol–water partition coefficient (Wildman–Crippen LogP) is 1.41. The van der Waals surface area contributed by atoms with Crippen LogP contribution in [-0.4, -0.2) is 15.4 Å². The first-order valence-electron chi connectivity index (χ1n) is 3.24. The third-order valence-electron chi connectivity index (χ3n) is 1.59. The van der Waals surface area contributed by atoms with Crippen molar-refractivity contribution in [3.63, 3.8) is 0 Å². The molecule has 0 amide bonds. The van der Waals surface area contributed by atoms with Gasteiger partial charge in [0.1, 0.15) is 11.3 Å². The van der Waals surface area contributed by atoms with Crippen LogP contribution in [0.5, 0.6) is 0 Å². The fourth-order valence-electron chi connectivity index (χ4n) is 1.08. The molecular formula is C7H6FN3. The van der Waals surface area contributed by atoms with Crippen LogP contribution in [-0.2, 0) is 0 Å². The SMILES string of the molecule is Cc1cc(F)cc2[nH]nnc12. The van der Waals surface area contributed by atoms with Crippen molar-refractivity contribution in [2.75, 3.05) is 0 Å². The lowest BCUT2D eigenvalue weighted by atomic mass is 10.2. The zero-order chi connectivity index (χ0) is 7.84. The van der Waals surface area contributed by atoms with Gasteiger partial charge in [-0.05, 0) is 18.6 Å². The quantitative estimate of drug-likeness (QED) is 0.618. The molecule has 0 radical (unpaired) electrons. The van der Waals surface area contributed by atoms with Crippen LogP contribution < -0.4 is 0 Å². The normalized spacial score (nSPS) is 10.7. The predicted molar refractivity (Wildman–Crippen MR) is 38.6 cm³/mol. The van der Waals surface area contributed by atoms with Gasteiger partial charge in [0.2, 0.25) is 0 Å². The first kappa shape index (κ1) is 6.27. The van der Waals surface area contributed by atoms with Gasteiger partial charge >= 0.3 is 0 Å². The van der Waals surface area contributed by atoms with Crippen molar-refractivity contribution < 1.29 is 4.39 Å². The Kier molecular flexibility index (Phi) is 1.15. The molecule has 0 atom stereocenters. The summed E-state index contributed by atoms with van der Waals surface area (Å²) in [6.07, 6.45) is 0. The van der Waals surface area contributed by atoms with Crippen LogP contribution in [0.2, 0.25) is 0 Å². The molecule has 1 aromatic heterocycles. The lowest BCUT2D eigenvalue weighted by Crippen LogP contribution is -1.80. The molecule has 0 aliphatic rings. The summed E-state index contributed by atoms with van der Waals surface area (Å²) in [5.41, 5.74) is 2.17. The number of aryl methyl sites for hydroxylation is 1. The minimum absolute atomic E-state index is 0.263. The number of rotatable bonds is 0. The van der Waals surface area contributed by atoms with Gasteiger partial charge in [0.05, 0.1) is 5.52 Å². The lowest BCUT2D eigenvalue weighted by Gasteiger charge is -1.92. The van der Waals surface area contributed by atoms with E-state index in [4.69, 9.17) is 0 Å². The van der Waals surface area contributed by atoms with Gasteiger partial charge in [-0.25, -0.2) is 4.39 Å². The van der Waals surface area contributed by atoms with E-state index in [0.29, 0.717) is 5.52 Å². The first-order valence-corrected chi connectivity index (χ1v) is 3.24. The molecule has 0 saturated heterocycles. The highest BCUT2D eigenvalue weighted by molar-refractivity contribution is 5.76. The van der Waals surface area contributed by atoms with Crippen LogP contribution in [0.15, 0.2) is 12.1 Å². The summed E-state index contributed by atoms with van der Waals surface area (Å²) in [6.45, 7) is 1.80. The minimum atomic E-state index is -0.263. The molecule has 2 aromatic rings. The number of halogens is 1. The number of fused-ring (bicyclic) bond motifs is 1. The van der Waals surface area contributed by atoms with Crippen molar-refractivity contribution in [1.82, 2.24) is 15.4 Å². The Hall–Kier alpha value is -1.45. The molecule has 4 heteroatoms. The second kappa shape index (κ2) is 2.02. The molecule has 2 rings (SSSR count). The summed E-state index contributed by atoms with van der Waals surface area (Å²) in [7, 11) is 0. The van der Waals surface area contributed by atoms with E-state index >= 15 is 0 Å². The summed E-state index contributed by atoms with van der Waals surface area (Å²) in [5, 5.41) is 9.95. The largest absolute Gasteiger partial charge is 0.257 e. The van der Waals surface area contributed by atoms with Gasteiger partial charge in [-0.2, -0.15) is 0 Å². The summed E-state index contributed by atoms with van der Waals surface area (Å²) >= 11 is 0. The van der Waals surface area contributed by atoms with E-state index in [-0.39, 0.29) is 5.82 Å². The Morgan fingerprint density at radius 3 is 3.09 bits per heavy atom. The third-order valence-corrected chi connectivity index (χ3v) is 1.59. The molecule has 3 nitrogen and oxygen atoms in total. The molecule has 0 spiro atoms. The van der Waals surface area contributed by atoms with Crippen molar-refractivity contribution in [2.24, 2.45) is 0 Å². The second-order valence-electron chi connectivity index (χ2n) is 2.43. The van der Waals surface area contributed by atoms with E-state index in [0.717, 1.165) is 11.1 Å². The molecule has 0 aliphatic heterocycles. The summed E-state index contributed by atoms with van der Waals surface area (Å²) < 4.78 is 12.7. The van der Waals surface area contributed by atoms with E-state index in [1.165, 1.54) is 12.1 Å². The van der Waals surface area contributed by atoms with Gasteiger partial charge in [0, 0.05) is 6.07 Å². The number of H-pyrrole nitrogens is 1. The van der Waals surface area contributed by atoms with Crippen LogP contribution in [0.25, 0.3) is 11.0 Å². The fraction of sp³-hybridized carbons (Fsp3) is 0.143. The molecule has 0 saturated carbocycles. The average molecular weight is 151 g/mol. The van der Waals surface area contributed by atoms with Gasteiger partial charge in [-0.3, -0.25) is 5.10 Å². The third kappa shape index (κ3) is 0.869. The molecule has 0 aliphatic carbocycles. The maximum Gasteiger partial charge on any atom is 0.125 e. The van der Waals surface area contributed by atoms with Gasteiger partial charge in [0.15, 0.2) is 0 Å². The number of aromatic amines is 1. The fourth-order valence-corrected chi connectivity index (χ4v) is 1.08. The Morgan fingerprint density at radius 1 is 1.45 bits per heavy atom. The van der Waals surface area contributed by atoms with Crippen LogP contribution >= 0.6 is 0 Å². The molecule has 1 heterocycles. The van der Waals surface area contributed by atoms with Crippen LogP contribution in [0.3, 0.4) is 0 Å². The Bertz CT molecular complexity index is 393. The summed E-state index contributed by atoms with van der Waals surface area (Å²) in [4.78, 5) is 0. The maximum atomic E-state index is 12.7. The first-order chi connectivity index (χ1) is 5.27. The number of benzene rings is 1. The molecule has 56 valence electrons. The highest BCUT2D eigenvalue weighted by Crippen LogP contribution is 2.14. The topological polar surface area (TPSA) is 41.6 Å². The van der Waals surface area contributed by atoms with Crippen LogP contribution in [0, 0.1) is 12.7 Å². The van der Waals surface area contributed by atoms with Crippen LogP contribution in [0.4, 0.5) is 4.39 Å². The number of hydrogen-bond donors (Lipinski definition) is 1. The number of aromatic nitrogens is 3. The zero-order valence-corrected chi connectivity index (χ0v) is 5.93. The molecule has 1 N–H and O–H groups in total. The van der Waals surface area contributed by atoms with Crippen molar-refractivity contribution >= 4 is 11.0 Å². The van der Waals surface area contributed by atoms with E-state index < -0.39 is 0 Å². The monoisotopic (exact) mass is 151 g/mol. The molecule has 11 heavy (non-hydrogen) atoms. The zero-order valence-electron chi connectivity index (χ0n) is 5.93. The molecule has 0 fully saturated rings. The van der Waals surface area contributed by atoms with Crippen molar-refractivity contribution in [3.8, 4) is 0 Å². The Balaban J connectivity index is 2.91. The summed E-state index contributed by atoms with van der Waals surface area (Å²) in [5.74, 6) is -0.263. The average Bonchev–Trinajstić information content (AvgIpc) is 2.34. The second-order valence-corrected chi connectivity index (χ2v) is 2.43. The van der Waals surface area contributed by atoms with Gasteiger partial charge < -0.3 is 0 Å². The lowest BCUT2D eigenvalue weighted by molar-refractivity contribution is 0.628. The van der Waals surface area contributed by atoms with E-state index in [1.54, 1.807) is 6.92 Å². The molecule has 0 unspecified atom stereocenters. The van der Waals surface area contributed by atoms with E-state index in [9.17, 15) is 4.39 Å². The highest BCUT2D eigenvalue weighted by atomic mass is 19.1. The van der Waals surface area contributed by atoms with Gasteiger partial charge in [-0.15, -0.1) is 5.10 Å². The van der Waals surface area contributed by atoms with Gasteiger partial charge in [0.25, 0.3) is 0 Å². The van der Waals surface area contributed by atoms with Crippen LogP contribution in [0.1, 0.15) is 5.56 Å². The van der Waals surface area contributed by atoms with Gasteiger partial charge in [-0.1, -0.05) is 5.21 Å². The Morgan fingerprint density at radius 2 is 2.27 bits per heavy atom. The standard InChI is InChI=1S/C7H6FN3/c1-4-2-5(8)3-6-7(4)10-11-9-6/h2-3H,1H3,(H,9,10,11). The molecule has 0 bridgehead atoms. The highest BCUT2D eigenvalue weighted by Gasteiger charge is 2.02. The molecular weight excluding hydrogens is 145 g/mol. The maximum absolute atomic E-state index is 12.7. The Labute approximate surface area is 62.2 Å². The van der Waals surface area contributed by atoms with E-state index in [1.807, 2.05) is 0 Å². The van der Waals surface area contributed by atoms with Crippen molar-refractivity contribution in [3.05, 3.63) is 23.5 Å².